The van der Waals surface area contributed by atoms with E-state index in [1.54, 1.807) is 6.92 Å². The SMILES string of the molecule is CC[C@]1(O)C[C@@H](O)c2c(cc3c(c2O)C(=O)c2c(O)ccc(O)c2C3=O)[C@@H]1C(=O)OC. The molecule has 2 aromatic rings. The van der Waals surface area contributed by atoms with E-state index in [0.29, 0.717) is 0 Å². The molecule has 9 heteroatoms. The lowest BCUT2D eigenvalue weighted by Crippen LogP contribution is -2.46. The number of rotatable bonds is 2. The summed E-state index contributed by atoms with van der Waals surface area (Å²) in [6.07, 6.45) is -1.69. The minimum absolute atomic E-state index is 0.0459. The molecule has 0 amide bonds. The number of carbonyl (C=O) groups is 3. The van der Waals surface area contributed by atoms with Crippen LogP contribution < -0.4 is 0 Å². The van der Waals surface area contributed by atoms with Crippen molar-refractivity contribution >= 4 is 17.5 Å². The molecule has 2 aliphatic rings. The Hall–Kier alpha value is -3.43. The van der Waals surface area contributed by atoms with Crippen LogP contribution in [0.25, 0.3) is 0 Å². The summed E-state index contributed by atoms with van der Waals surface area (Å²) in [6.45, 7) is 1.61. The van der Waals surface area contributed by atoms with Gasteiger partial charge >= 0.3 is 5.97 Å². The van der Waals surface area contributed by atoms with Crippen molar-refractivity contribution in [3.8, 4) is 17.2 Å². The fourth-order valence-electron chi connectivity index (χ4n) is 4.66. The Labute approximate surface area is 176 Å². The monoisotopic (exact) mass is 428 g/mol. The highest BCUT2D eigenvalue weighted by Crippen LogP contribution is 2.52. The van der Waals surface area contributed by atoms with E-state index in [9.17, 15) is 39.9 Å². The lowest BCUT2D eigenvalue weighted by molar-refractivity contribution is -0.153. The van der Waals surface area contributed by atoms with E-state index in [1.807, 2.05) is 0 Å². The minimum atomic E-state index is -1.72. The molecule has 5 N–H and O–H groups in total. The van der Waals surface area contributed by atoms with Gasteiger partial charge in [0.2, 0.25) is 5.78 Å². The van der Waals surface area contributed by atoms with Crippen molar-refractivity contribution in [3.05, 3.63) is 51.6 Å². The molecule has 3 atom stereocenters. The first-order valence-electron chi connectivity index (χ1n) is 9.59. The highest BCUT2D eigenvalue weighted by Gasteiger charge is 2.51. The molecular formula is C22H20O9. The number of ketones is 2. The largest absolute Gasteiger partial charge is 0.507 e. The van der Waals surface area contributed by atoms with Gasteiger partial charge in [-0.05, 0) is 30.2 Å². The molecule has 4 rings (SSSR count). The van der Waals surface area contributed by atoms with Gasteiger partial charge < -0.3 is 30.3 Å². The van der Waals surface area contributed by atoms with Crippen LogP contribution in [0.15, 0.2) is 18.2 Å². The van der Waals surface area contributed by atoms with Gasteiger partial charge in [0.1, 0.15) is 23.2 Å². The third-order valence-electron chi connectivity index (χ3n) is 6.24. The second kappa shape index (κ2) is 6.79. The summed E-state index contributed by atoms with van der Waals surface area (Å²) in [5, 5.41) is 52.9. The molecule has 0 saturated carbocycles. The molecule has 0 heterocycles. The Morgan fingerprint density at radius 2 is 1.68 bits per heavy atom. The number of hydrogen-bond donors (Lipinski definition) is 5. The summed E-state index contributed by atoms with van der Waals surface area (Å²) in [6, 6.07) is 3.25. The van der Waals surface area contributed by atoms with E-state index in [0.717, 1.165) is 25.3 Å². The van der Waals surface area contributed by atoms with Gasteiger partial charge in [0, 0.05) is 17.5 Å². The molecule has 0 spiro atoms. The van der Waals surface area contributed by atoms with Gasteiger partial charge in [-0.1, -0.05) is 6.92 Å². The number of carbonyl (C=O) groups excluding carboxylic acids is 3. The molecule has 2 aliphatic carbocycles. The molecule has 0 saturated heterocycles. The third-order valence-corrected chi connectivity index (χ3v) is 6.24. The predicted octanol–water partition coefficient (Wildman–Crippen LogP) is 1.41. The van der Waals surface area contributed by atoms with Crippen LogP contribution in [0.4, 0.5) is 0 Å². The first-order chi connectivity index (χ1) is 14.6. The van der Waals surface area contributed by atoms with Crippen LogP contribution in [0, 0.1) is 0 Å². The molecule has 0 unspecified atom stereocenters. The zero-order valence-electron chi connectivity index (χ0n) is 16.7. The van der Waals surface area contributed by atoms with Crippen molar-refractivity contribution in [3.63, 3.8) is 0 Å². The fourth-order valence-corrected chi connectivity index (χ4v) is 4.66. The third kappa shape index (κ3) is 2.67. The van der Waals surface area contributed by atoms with E-state index in [4.69, 9.17) is 4.74 Å². The normalized spacial score (nSPS) is 24.3. The van der Waals surface area contributed by atoms with Crippen LogP contribution in [-0.4, -0.2) is 55.8 Å². The first-order valence-corrected chi connectivity index (χ1v) is 9.59. The second-order valence-corrected chi connectivity index (χ2v) is 7.80. The first kappa shape index (κ1) is 20.8. The van der Waals surface area contributed by atoms with Crippen LogP contribution in [0.2, 0.25) is 0 Å². The standard InChI is InChI=1S/C22H20O9/c1-3-22(30)7-12(25)13-8(17(22)21(29)31-2)6-9-14(19(13)27)20(28)16-11(24)5-4-10(23)15(16)18(9)26/h4-6,12,17,23-25,27,30H,3,7H2,1-2H3/t12-,17-,22+/m1/s1. The number of fused-ring (bicyclic) bond motifs is 3. The van der Waals surface area contributed by atoms with Crippen LogP contribution in [-0.2, 0) is 9.53 Å². The number of phenolic OH excluding ortho intramolecular Hbond substituents is 3. The van der Waals surface area contributed by atoms with E-state index in [1.165, 1.54) is 0 Å². The molecule has 0 aliphatic heterocycles. The summed E-state index contributed by atoms with van der Waals surface area (Å²) in [5.41, 5.74) is -3.62. The Bertz CT molecular complexity index is 1170. The van der Waals surface area contributed by atoms with Crippen molar-refractivity contribution in [1.29, 1.82) is 0 Å². The van der Waals surface area contributed by atoms with E-state index in [-0.39, 0.29) is 29.5 Å². The van der Waals surface area contributed by atoms with Gasteiger partial charge in [-0.25, -0.2) is 0 Å². The number of aliphatic hydroxyl groups excluding tert-OH is 1. The number of aromatic hydroxyl groups is 3. The quantitative estimate of drug-likeness (QED) is 0.300. The van der Waals surface area contributed by atoms with Crippen molar-refractivity contribution < 1.29 is 44.7 Å². The smallest absolute Gasteiger partial charge is 0.316 e. The second-order valence-electron chi connectivity index (χ2n) is 7.80. The fraction of sp³-hybridized carbons (Fsp3) is 0.318. The number of methoxy groups -OCH3 is 1. The summed E-state index contributed by atoms with van der Waals surface area (Å²) in [4.78, 5) is 38.8. The van der Waals surface area contributed by atoms with Crippen LogP contribution in [0.3, 0.4) is 0 Å². The van der Waals surface area contributed by atoms with Crippen LogP contribution in [0.1, 0.15) is 74.8 Å². The Kier molecular flexibility index (Phi) is 4.56. The topological polar surface area (TPSA) is 162 Å². The van der Waals surface area contributed by atoms with E-state index < -0.39 is 69.1 Å². The van der Waals surface area contributed by atoms with Gasteiger partial charge in [-0.15, -0.1) is 0 Å². The summed E-state index contributed by atoms with van der Waals surface area (Å²) in [7, 11) is 1.12. The molecule has 2 aromatic carbocycles. The van der Waals surface area contributed by atoms with Crippen LogP contribution in [0.5, 0.6) is 17.2 Å². The lowest BCUT2D eigenvalue weighted by Gasteiger charge is -2.42. The zero-order chi connectivity index (χ0) is 22.8. The maximum absolute atomic E-state index is 13.1. The molecule has 31 heavy (non-hydrogen) atoms. The maximum atomic E-state index is 13.1. The number of benzene rings is 2. The van der Waals surface area contributed by atoms with Crippen molar-refractivity contribution in [2.45, 2.75) is 37.4 Å². The maximum Gasteiger partial charge on any atom is 0.316 e. The summed E-state index contributed by atoms with van der Waals surface area (Å²) >= 11 is 0. The highest BCUT2D eigenvalue weighted by atomic mass is 16.5. The summed E-state index contributed by atoms with van der Waals surface area (Å²) in [5.74, 6) is -5.77. The van der Waals surface area contributed by atoms with Crippen molar-refractivity contribution in [1.82, 2.24) is 0 Å². The highest BCUT2D eigenvalue weighted by molar-refractivity contribution is 6.31. The predicted molar refractivity (Wildman–Crippen MR) is 104 cm³/mol. The summed E-state index contributed by atoms with van der Waals surface area (Å²) < 4.78 is 4.81. The van der Waals surface area contributed by atoms with E-state index in [2.05, 4.69) is 0 Å². The van der Waals surface area contributed by atoms with Gasteiger partial charge in [-0.2, -0.15) is 0 Å². The van der Waals surface area contributed by atoms with Crippen molar-refractivity contribution in [2.75, 3.05) is 7.11 Å². The van der Waals surface area contributed by atoms with Gasteiger partial charge in [-0.3, -0.25) is 14.4 Å². The van der Waals surface area contributed by atoms with Gasteiger partial charge in [0.15, 0.2) is 5.78 Å². The lowest BCUT2D eigenvalue weighted by atomic mass is 9.67. The zero-order valence-corrected chi connectivity index (χ0v) is 16.7. The molecule has 162 valence electrons. The van der Waals surface area contributed by atoms with Gasteiger partial charge in [0.05, 0.1) is 35.5 Å². The molecule has 9 nitrogen and oxygen atoms in total. The molecule has 0 aromatic heterocycles. The average molecular weight is 428 g/mol. The number of phenols is 3. The number of hydrogen-bond acceptors (Lipinski definition) is 9. The molecule has 0 bridgehead atoms. The number of esters is 1. The molecular weight excluding hydrogens is 408 g/mol. The molecule has 0 radical (unpaired) electrons. The average Bonchev–Trinajstić information content (AvgIpc) is 2.72. The Morgan fingerprint density at radius 1 is 1.10 bits per heavy atom. The van der Waals surface area contributed by atoms with Gasteiger partial charge in [0.25, 0.3) is 0 Å². The van der Waals surface area contributed by atoms with E-state index >= 15 is 0 Å². The van der Waals surface area contributed by atoms with Crippen molar-refractivity contribution in [2.24, 2.45) is 0 Å². The molecule has 0 fully saturated rings. The number of aliphatic hydroxyl groups is 2. The Balaban J connectivity index is 2.06. The number of ether oxygens (including phenoxy) is 1. The Morgan fingerprint density at radius 3 is 2.23 bits per heavy atom. The minimum Gasteiger partial charge on any atom is -0.507 e. The van der Waals surface area contributed by atoms with Crippen LogP contribution >= 0.6 is 0 Å².